The maximum atomic E-state index is 11.1. The Balaban J connectivity index is 0.000000176. The van der Waals surface area contributed by atoms with Gasteiger partial charge in [-0.1, -0.05) is 91.3 Å². The Morgan fingerprint density at radius 1 is 0.521 bits per heavy atom. The van der Waals surface area contributed by atoms with Gasteiger partial charge in [0.05, 0.1) is 25.6 Å². The topological polar surface area (TPSA) is 222 Å². The molecule has 0 unspecified atom stereocenters. The van der Waals surface area contributed by atoms with Crippen LogP contribution in [0, 0.1) is 0 Å². The van der Waals surface area contributed by atoms with Crippen molar-refractivity contribution < 1.29 is 26.3 Å². The predicted octanol–water partition coefficient (Wildman–Crippen LogP) is 5.62. The summed E-state index contributed by atoms with van der Waals surface area (Å²) in [5, 5.41) is 32.6. The van der Waals surface area contributed by atoms with Crippen LogP contribution >= 0.6 is 0 Å². The van der Waals surface area contributed by atoms with Gasteiger partial charge in [-0.25, -0.2) is 26.3 Å². The number of unbranched alkanes of at least 4 members (excludes halogenated alkanes) is 3. The van der Waals surface area contributed by atoms with Crippen LogP contribution in [0.15, 0.2) is 109 Å². The first-order valence-corrected chi connectivity index (χ1v) is 28.2. The second kappa shape index (κ2) is 22.1. The van der Waals surface area contributed by atoms with E-state index >= 15 is 0 Å². The summed E-state index contributed by atoms with van der Waals surface area (Å²) in [7, 11) is -6.28. The maximum absolute atomic E-state index is 11.1. The third kappa shape index (κ3) is 13.0. The molecule has 374 valence electrons. The quantitative estimate of drug-likeness (QED) is 0.0815. The zero-order valence-electron chi connectivity index (χ0n) is 40.3. The van der Waals surface area contributed by atoms with E-state index in [1.165, 1.54) is 17.4 Å². The standard InChI is InChI=1S/C26H32N6O3S.C25H30N6O3S/c1-36(33,34)28-15-5-2-6-18-32-30-25(29-31-32)21-11-9-20(10-12-21)23-19-26(13-16-27-17-14-26)35-24-8-4-3-7-22(23)24;1-35(32,33)27-14-4-5-17-31-29-24(28-30-31)20-10-8-19(9-11-20)22-18-25(12-15-26-16-13-25)34-23-7-3-2-6-21(22)23/h3-4,7-12,19,27-28H,2,5-6,13-18H2,1H3;2-3,6-11,18,26-27H,4-5,12-17H2,1H3. The van der Waals surface area contributed by atoms with Gasteiger partial charge >= 0.3 is 0 Å². The van der Waals surface area contributed by atoms with Crippen molar-refractivity contribution in [3.63, 3.8) is 0 Å². The van der Waals surface area contributed by atoms with Crippen LogP contribution in [0.2, 0.25) is 0 Å². The molecule has 4 N–H and O–H groups in total. The van der Waals surface area contributed by atoms with Crippen LogP contribution in [0.1, 0.15) is 80.0 Å². The van der Waals surface area contributed by atoms with E-state index in [1.54, 1.807) is 9.59 Å². The summed E-state index contributed by atoms with van der Waals surface area (Å²) in [6.07, 6.45) is 14.7. The van der Waals surface area contributed by atoms with E-state index in [4.69, 9.17) is 9.47 Å². The summed E-state index contributed by atoms with van der Waals surface area (Å²) in [6.45, 7) is 5.87. The lowest BCUT2D eigenvalue weighted by Crippen LogP contribution is -2.46. The van der Waals surface area contributed by atoms with Crippen molar-refractivity contribution in [1.29, 1.82) is 0 Å². The number of para-hydroxylation sites is 2. The molecule has 4 aromatic carbocycles. The zero-order valence-corrected chi connectivity index (χ0v) is 41.9. The molecule has 2 spiro atoms. The van der Waals surface area contributed by atoms with E-state index < -0.39 is 20.0 Å². The number of sulfonamides is 2. The summed E-state index contributed by atoms with van der Waals surface area (Å²) in [6, 6.07) is 33.1. The molecule has 4 aliphatic heterocycles. The number of fused-ring (bicyclic) bond motifs is 2. The number of nitrogens with one attached hydrogen (secondary N) is 4. The fraction of sp³-hybridized carbons (Fsp3) is 0.412. The molecule has 0 amide bonds. The first-order chi connectivity index (χ1) is 34.3. The van der Waals surface area contributed by atoms with Crippen LogP contribution in [0.25, 0.3) is 33.9 Å². The number of hydrogen-bond acceptors (Lipinski definition) is 14. The number of tetrazole rings is 2. The molecule has 6 aromatic rings. The highest BCUT2D eigenvalue weighted by Crippen LogP contribution is 2.44. The number of benzene rings is 4. The Kier molecular flexibility index (Phi) is 15.5. The van der Waals surface area contributed by atoms with Crippen molar-refractivity contribution in [3.05, 3.63) is 131 Å². The lowest BCUT2D eigenvalue weighted by molar-refractivity contribution is 0.0814. The Bertz CT molecular complexity index is 3050. The molecular weight excluding hydrogens is 941 g/mol. The highest BCUT2D eigenvalue weighted by atomic mass is 32.2. The van der Waals surface area contributed by atoms with Gasteiger partial charge in [-0.05, 0) is 109 Å². The Morgan fingerprint density at radius 3 is 1.32 bits per heavy atom. The van der Waals surface area contributed by atoms with Gasteiger partial charge < -0.3 is 20.1 Å². The third-order valence-electron chi connectivity index (χ3n) is 13.1. The molecule has 0 aliphatic carbocycles. The minimum absolute atomic E-state index is 0.265. The van der Waals surface area contributed by atoms with E-state index in [0.29, 0.717) is 44.2 Å². The highest BCUT2D eigenvalue weighted by molar-refractivity contribution is 7.89. The van der Waals surface area contributed by atoms with Gasteiger partial charge in [0.15, 0.2) is 0 Å². The average molecular weight is 1000 g/mol. The SMILES string of the molecule is CS(=O)(=O)NCCCCCn1nnc(-c2ccc(C3=CC4(CCNCC4)Oc4ccccc43)cc2)n1.CS(=O)(=O)NCCCCn1nnc(-c2ccc(C3=CC4(CCNCC4)Oc4ccccc43)cc2)n1. The lowest BCUT2D eigenvalue weighted by atomic mass is 9.83. The molecule has 0 atom stereocenters. The first kappa shape index (κ1) is 49.8. The van der Waals surface area contributed by atoms with Crippen molar-refractivity contribution in [2.75, 3.05) is 51.8 Å². The van der Waals surface area contributed by atoms with E-state index in [2.05, 4.69) is 118 Å². The molecule has 10 rings (SSSR count). The van der Waals surface area contributed by atoms with E-state index in [9.17, 15) is 16.8 Å². The van der Waals surface area contributed by atoms with Crippen molar-refractivity contribution >= 4 is 31.2 Å². The second-order valence-corrected chi connectivity index (χ2v) is 22.3. The molecule has 2 saturated heterocycles. The van der Waals surface area contributed by atoms with E-state index in [0.717, 1.165) is 129 Å². The van der Waals surface area contributed by atoms with Crippen LogP contribution in [0.4, 0.5) is 0 Å². The number of rotatable bonds is 17. The number of aryl methyl sites for hydroxylation is 2. The van der Waals surface area contributed by atoms with E-state index in [1.807, 2.05) is 42.5 Å². The number of hydrogen-bond donors (Lipinski definition) is 4. The Labute approximate surface area is 415 Å². The maximum Gasteiger partial charge on any atom is 0.208 e. The van der Waals surface area contributed by atoms with Crippen LogP contribution in [-0.2, 0) is 33.1 Å². The van der Waals surface area contributed by atoms with Gasteiger partial charge in [0.1, 0.15) is 22.7 Å². The molecule has 4 aliphatic rings. The minimum atomic E-state index is -3.15. The van der Waals surface area contributed by atoms with Crippen LogP contribution in [0.5, 0.6) is 11.5 Å². The highest BCUT2D eigenvalue weighted by Gasteiger charge is 2.38. The first-order valence-electron chi connectivity index (χ1n) is 24.4. The fourth-order valence-corrected chi connectivity index (χ4v) is 10.4. The molecule has 2 aromatic heterocycles. The van der Waals surface area contributed by atoms with Gasteiger partial charge in [0.2, 0.25) is 31.7 Å². The van der Waals surface area contributed by atoms with Gasteiger partial charge in [0.25, 0.3) is 0 Å². The van der Waals surface area contributed by atoms with Crippen molar-refractivity contribution in [2.45, 2.75) is 82.1 Å². The monoisotopic (exact) mass is 1000 g/mol. The third-order valence-corrected chi connectivity index (χ3v) is 14.5. The number of aromatic nitrogens is 8. The number of ether oxygens (including phenoxy) is 2. The zero-order chi connectivity index (χ0) is 49.3. The summed E-state index contributed by atoms with van der Waals surface area (Å²) < 4.78 is 62.4. The Morgan fingerprint density at radius 2 is 0.901 bits per heavy atom. The second-order valence-electron chi connectivity index (χ2n) is 18.6. The average Bonchev–Trinajstić information content (AvgIpc) is 4.05. The molecule has 2 fully saturated rings. The lowest BCUT2D eigenvalue weighted by Gasteiger charge is -2.40. The smallest absolute Gasteiger partial charge is 0.208 e. The fourth-order valence-electron chi connectivity index (χ4n) is 9.36. The molecule has 71 heavy (non-hydrogen) atoms. The number of piperidine rings is 2. The summed E-state index contributed by atoms with van der Waals surface area (Å²) in [5.41, 5.74) is 8.18. The predicted molar refractivity (Wildman–Crippen MR) is 273 cm³/mol. The van der Waals surface area contributed by atoms with Gasteiger partial charge in [0, 0.05) is 61.0 Å². The molecule has 0 radical (unpaired) electrons. The van der Waals surface area contributed by atoms with E-state index in [-0.39, 0.29) is 11.2 Å². The normalized spacial score (nSPS) is 16.9. The molecule has 0 bridgehead atoms. The molecule has 6 heterocycles. The molecule has 0 saturated carbocycles. The van der Waals surface area contributed by atoms with Crippen molar-refractivity contribution in [1.82, 2.24) is 60.5 Å². The van der Waals surface area contributed by atoms with Crippen LogP contribution in [0.3, 0.4) is 0 Å². The Hall–Kier alpha value is -6.16. The summed E-state index contributed by atoms with van der Waals surface area (Å²) in [4.78, 5) is 3.16. The summed E-state index contributed by atoms with van der Waals surface area (Å²) >= 11 is 0. The minimum Gasteiger partial charge on any atom is -0.482 e. The van der Waals surface area contributed by atoms with Crippen LogP contribution in [-0.4, -0.2) is 120 Å². The van der Waals surface area contributed by atoms with Gasteiger partial charge in [-0.3, -0.25) is 0 Å². The number of nitrogens with zero attached hydrogens (tertiary/aromatic N) is 8. The van der Waals surface area contributed by atoms with Crippen molar-refractivity contribution in [3.8, 4) is 34.3 Å². The summed E-state index contributed by atoms with van der Waals surface area (Å²) in [5.74, 6) is 3.04. The van der Waals surface area contributed by atoms with Gasteiger partial charge in [-0.15, -0.1) is 20.4 Å². The van der Waals surface area contributed by atoms with Crippen LogP contribution < -0.4 is 29.6 Å². The molecule has 18 nitrogen and oxygen atoms in total. The van der Waals surface area contributed by atoms with Gasteiger partial charge in [-0.2, -0.15) is 9.59 Å². The van der Waals surface area contributed by atoms with Crippen molar-refractivity contribution in [2.24, 2.45) is 0 Å². The largest absolute Gasteiger partial charge is 0.482 e. The molecule has 20 heteroatoms. The molecular formula is C51H62N12O6S2.